The molecule has 0 radical (unpaired) electrons. The van der Waals surface area contributed by atoms with Gasteiger partial charge in [0.1, 0.15) is 0 Å². The average molecular weight is 119 g/mol. The van der Waals surface area contributed by atoms with Crippen molar-refractivity contribution in [3.63, 3.8) is 0 Å². The van der Waals surface area contributed by atoms with E-state index in [9.17, 15) is 0 Å². The molecule has 0 spiro atoms. The highest BCUT2D eigenvalue weighted by Gasteiger charge is 2.00. The lowest BCUT2D eigenvalue weighted by Gasteiger charge is -2.11. The number of hydrogen-bond acceptors (Lipinski definition) is 3. The Kier molecular flexibility index (Phi) is 3.77. The monoisotopic (exact) mass is 119 g/mol. The maximum atomic E-state index is 8.58. The molecule has 0 bridgehead atoms. The van der Waals surface area contributed by atoms with Crippen molar-refractivity contribution in [3.8, 4) is 0 Å². The van der Waals surface area contributed by atoms with Gasteiger partial charge in [0.2, 0.25) is 0 Å². The summed E-state index contributed by atoms with van der Waals surface area (Å²) >= 11 is 0. The Hall–Kier alpha value is -0.120. The molecule has 1 atom stereocenters. The van der Waals surface area contributed by atoms with E-state index in [2.05, 4.69) is 0 Å². The molecule has 0 aromatic carbocycles. The summed E-state index contributed by atoms with van der Waals surface area (Å²) in [5.74, 6) is 0.157. The van der Waals surface area contributed by atoms with Crippen LogP contribution >= 0.6 is 0 Å². The minimum absolute atomic E-state index is 0.130. The van der Waals surface area contributed by atoms with Gasteiger partial charge in [-0.3, -0.25) is 0 Å². The van der Waals surface area contributed by atoms with Crippen LogP contribution in [0.3, 0.4) is 0 Å². The molecule has 3 heteroatoms. The first-order valence-corrected chi connectivity index (χ1v) is 2.67. The van der Waals surface area contributed by atoms with Crippen molar-refractivity contribution in [2.75, 3.05) is 20.2 Å². The molecule has 0 rings (SSSR count). The number of nitrogens with zero attached hydrogens (tertiary/aromatic N) is 1. The van der Waals surface area contributed by atoms with E-state index < -0.39 is 0 Å². The summed E-state index contributed by atoms with van der Waals surface area (Å²) in [4.78, 5) is 0. The zero-order valence-corrected chi connectivity index (χ0v) is 5.33. The molecule has 0 saturated carbocycles. The molecule has 0 aliphatic rings. The van der Waals surface area contributed by atoms with Gasteiger partial charge in [0.25, 0.3) is 0 Å². The van der Waals surface area contributed by atoms with Gasteiger partial charge in [-0.1, -0.05) is 6.92 Å². The van der Waals surface area contributed by atoms with Crippen LogP contribution in [0.25, 0.3) is 0 Å². The van der Waals surface area contributed by atoms with Crippen LogP contribution in [0.2, 0.25) is 0 Å². The lowest BCUT2D eigenvalue weighted by atomic mass is 10.2. The predicted molar refractivity (Wildman–Crippen MR) is 30.7 cm³/mol. The summed E-state index contributed by atoms with van der Waals surface area (Å²) in [6.07, 6.45) is 0. The smallest absolute Gasteiger partial charge is 0.0469 e. The molecule has 0 aromatic heterocycles. The SMILES string of the molecule is CC(CO)CN(C)O. The molecule has 8 heavy (non-hydrogen) atoms. The van der Waals surface area contributed by atoms with Crippen molar-refractivity contribution in [1.82, 2.24) is 5.06 Å². The van der Waals surface area contributed by atoms with Crippen LogP contribution in [0.5, 0.6) is 0 Å². The van der Waals surface area contributed by atoms with Gasteiger partial charge in [0.05, 0.1) is 0 Å². The van der Waals surface area contributed by atoms with Crippen LogP contribution in [0, 0.1) is 5.92 Å². The highest BCUT2D eigenvalue weighted by molar-refractivity contribution is 4.48. The van der Waals surface area contributed by atoms with Crippen molar-refractivity contribution >= 4 is 0 Å². The van der Waals surface area contributed by atoms with Crippen LogP contribution in [0.1, 0.15) is 6.92 Å². The first-order chi connectivity index (χ1) is 3.66. The fourth-order valence-electron chi connectivity index (χ4n) is 0.509. The highest BCUT2D eigenvalue weighted by Crippen LogP contribution is 1.91. The van der Waals surface area contributed by atoms with Crippen molar-refractivity contribution in [2.24, 2.45) is 5.92 Å². The average Bonchev–Trinajstić information content (AvgIpc) is 1.65. The number of aliphatic hydroxyl groups excluding tert-OH is 1. The van der Waals surface area contributed by atoms with E-state index >= 15 is 0 Å². The van der Waals surface area contributed by atoms with Gasteiger partial charge < -0.3 is 10.3 Å². The zero-order chi connectivity index (χ0) is 6.57. The predicted octanol–water partition coefficient (Wildman–Crippen LogP) is -0.0642. The van der Waals surface area contributed by atoms with Crippen LogP contribution in [-0.4, -0.2) is 35.6 Å². The van der Waals surface area contributed by atoms with E-state index in [1.165, 1.54) is 0 Å². The van der Waals surface area contributed by atoms with Crippen molar-refractivity contribution in [3.05, 3.63) is 0 Å². The molecule has 0 heterocycles. The molecule has 1 unspecified atom stereocenters. The van der Waals surface area contributed by atoms with E-state index in [0.29, 0.717) is 6.54 Å². The fourth-order valence-corrected chi connectivity index (χ4v) is 0.509. The molecule has 50 valence electrons. The Balaban J connectivity index is 3.10. The van der Waals surface area contributed by atoms with Crippen molar-refractivity contribution in [1.29, 1.82) is 0 Å². The Morgan fingerprint density at radius 1 is 1.62 bits per heavy atom. The Morgan fingerprint density at radius 3 is 2.25 bits per heavy atom. The maximum Gasteiger partial charge on any atom is 0.0469 e. The third-order valence-electron chi connectivity index (χ3n) is 0.888. The molecule has 0 fully saturated rings. The van der Waals surface area contributed by atoms with Gasteiger partial charge in [-0.2, -0.15) is 5.06 Å². The summed E-state index contributed by atoms with van der Waals surface area (Å²) in [5, 5.41) is 18.1. The molecule has 0 aliphatic heterocycles. The second-order valence-corrected chi connectivity index (χ2v) is 2.13. The van der Waals surface area contributed by atoms with Crippen LogP contribution in [0.15, 0.2) is 0 Å². The van der Waals surface area contributed by atoms with Crippen LogP contribution < -0.4 is 0 Å². The number of rotatable bonds is 3. The Bertz CT molecular complexity index is 56.4. The van der Waals surface area contributed by atoms with Crippen LogP contribution in [-0.2, 0) is 0 Å². The summed E-state index contributed by atoms with van der Waals surface area (Å²) in [6.45, 7) is 2.52. The normalized spacial score (nSPS) is 14.6. The van der Waals surface area contributed by atoms with Gasteiger partial charge in [-0.05, 0) is 5.92 Å². The van der Waals surface area contributed by atoms with Gasteiger partial charge in [0, 0.05) is 20.2 Å². The van der Waals surface area contributed by atoms with Crippen LogP contribution in [0.4, 0.5) is 0 Å². The number of hydrogen-bond donors (Lipinski definition) is 2. The number of hydroxylamine groups is 2. The number of aliphatic hydroxyl groups is 1. The van der Waals surface area contributed by atoms with Crippen molar-refractivity contribution < 1.29 is 10.3 Å². The van der Waals surface area contributed by atoms with E-state index in [1.54, 1.807) is 7.05 Å². The van der Waals surface area contributed by atoms with E-state index in [1.807, 2.05) is 6.92 Å². The minimum Gasteiger partial charge on any atom is -0.396 e. The van der Waals surface area contributed by atoms with E-state index in [0.717, 1.165) is 5.06 Å². The molecule has 0 saturated heterocycles. The minimum atomic E-state index is 0.130. The molecule has 0 aliphatic carbocycles. The van der Waals surface area contributed by atoms with Gasteiger partial charge in [-0.15, -0.1) is 0 Å². The molecule has 2 N–H and O–H groups in total. The summed E-state index contributed by atoms with van der Waals surface area (Å²) in [6, 6.07) is 0. The zero-order valence-electron chi connectivity index (χ0n) is 5.33. The third kappa shape index (κ3) is 4.05. The second kappa shape index (κ2) is 3.83. The topological polar surface area (TPSA) is 43.7 Å². The molecule has 0 aromatic rings. The quantitative estimate of drug-likeness (QED) is 0.511. The largest absolute Gasteiger partial charge is 0.396 e. The van der Waals surface area contributed by atoms with Gasteiger partial charge in [-0.25, -0.2) is 0 Å². The van der Waals surface area contributed by atoms with E-state index in [-0.39, 0.29) is 12.5 Å². The summed E-state index contributed by atoms with van der Waals surface area (Å²) in [7, 11) is 1.56. The maximum absolute atomic E-state index is 8.58. The highest BCUT2D eigenvalue weighted by atomic mass is 16.5. The lowest BCUT2D eigenvalue weighted by Crippen LogP contribution is -2.22. The lowest BCUT2D eigenvalue weighted by molar-refractivity contribution is -0.0784. The standard InChI is InChI=1S/C5H13NO2/c1-5(4-7)3-6(2)8/h5,7-8H,3-4H2,1-2H3. The third-order valence-corrected chi connectivity index (χ3v) is 0.888. The molecule has 3 nitrogen and oxygen atoms in total. The second-order valence-electron chi connectivity index (χ2n) is 2.13. The van der Waals surface area contributed by atoms with Gasteiger partial charge >= 0.3 is 0 Å². The molecular weight excluding hydrogens is 106 g/mol. The molecule has 0 amide bonds. The molecular formula is C5H13NO2. The van der Waals surface area contributed by atoms with Gasteiger partial charge in [0.15, 0.2) is 0 Å². The first-order valence-electron chi connectivity index (χ1n) is 2.67. The first kappa shape index (κ1) is 7.88. The Labute approximate surface area is 49.5 Å². The van der Waals surface area contributed by atoms with E-state index in [4.69, 9.17) is 10.3 Å². The summed E-state index contributed by atoms with van der Waals surface area (Å²) < 4.78 is 0. The fraction of sp³-hybridized carbons (Fsp3) is 1.00. The Morgan fingerprint density at radius 2 is 2.12 bits per heavy atom. The van der Waals surface area contributed by atoms with Crippen molar-refractivity contribution in [2.45, 2.75) is 6.92 Å². The summed E-state index contributed by atoms with van der Waals surface area (Å²) in [5.41, 5.74) is 0.